The van der Waals surface area contributed by atoms with Crippen molar-refractivity contribution in [3.63, 3.8) is 0 Å². The number of carbonyl (C=O) groups excluding carboxylic acids is 1. The second kappa shape index (κ2) is 9.20. The van der Waals surface area contributed by atoms with Gasteiger partial charge in [-0.1, -0.05) is 36.5 Å². The SMILES string of the molecule is COc1ccccc1NC(=O)COc1ccc(/C=C(/C#N)C(N)=S)cc1. The number of para-hydroxylation sites is 2. The van der Waals surface area contributed by atoms with Crippen LogP contribution in [0, 0.1) is 11.3 Å². The first-order chi connectivity index (χ1) is 12.5. The normalized spacial score (nSPS) is 10.5. The number of anilines is 1. The summed E-state index contributed by atoms with van der Waals surface area (Å²) >= 11 is 4.79. The van der Waals surface area contributed by atoms with Crippen LogP contribution in [-0.2, 0) is 4.79 Å². The van der Waals surface area contributed by atoms with E-state index >= 15 is 0 Å². The Labute approximate surface area is 156 Å². The van der Waals surface area contributed by atoms with Crippen molar-refractivity contribution in [2.24, 2.45) is 5.73 Å². The number of nitrogens with one attached hydrogen (secondary N) is 1. The molecule has 132 valence electrons. The molecular formula is C19H17N3O3S. The first-order valence-corrected chi connectivity index (χ1v) is 8.01. The Bertz CT molecular complexity index is 870. The van der Waals surface area contributed by atoms with Crippen LogP contribution in [0.25, 0.3) is 6.08 Å². The molecule has 1 amide bonds. The molecule has 7 heteroatoms. The number of thiocarbonyl (C=S) groups is 1. The molecule has 2 aromatic carbocycles. The standard InChI is InChI=1S/C19H17N3O3S/c1-24-17-5-3-2-4-16(17)22-18(23)12-25-15-8-6-13(7-9-15)10-14(11-20)19(21)26/h2-10H,12H2,1H3,(H2,21,26)(H,22,23)/b14-10-. The van der Waals surface area contributed by atoms with Gasteiger partial charge in [-0.05, 0) is 35.9 Å². The smallest absolute Gasteiger partial charge is 0.262 e. The summed E-state index contributed by atoms with van der Waals surface area (Å²) in [5, 5.41) is 11.7. The van der Waals surface area contributed by atoms with Gasteiger partial charge in [0.1, 0.15) is 22.6 Å². The minimum atomic E-state index is -0.307. The third-order valence-electron chi connectivity index (χ3n) is 3.33. The van der Waals surface area contributed by atoms with E-state index in [1.807, 2.05) is 12.1 Å². The number of methoxy groups -OCH3 is 1. The molecule has 0 aromatic heterocycles. The molecule has 26 heavy (non-hydrogen) atoms. The van der Waals surface area contributed by atoms with Crippen LogP contribution in [0.2, 0.25) is 0 Å². The lowest BCUT2D eigenvalue weighted by molar-refractivity contribution is -0.118. The first-order valence-electron chi connectivity index (χ1n) is 7.61. The Morgan fingerprint density at radius 2 is 1.96 bits per heavy atom. The van der Waals surface area contributed by atoms with E-state index in [1.54, 1.807) is 48.5 Å². The number of rotatable bonds is 7. The lowest BCUT2D eigenvalue weighted by Crippen LogP contribution is -2.20. The molecule has 0 atom stereocenters. The molecule has 2 aromatic rings. The maximum absolute atomic E-state index is 12.0. The van der Waals surface area contributed by atoms with Crippen LogP contribution in [0.15, 0.2) is 54.1 Å². The fourth-order valence-electron chi connectivity index (χ4n) is 2.07. The summed E-state index contributed by atoms with van der Waals surface area (Å²) < 4.78 is 10.6. The van der Waals surface area contributed by atoms with Crippen molar-refractivity contribution < 1.29 is 14.3 Å². The zero-order chi connectivity index (χ0) is 18.9. The van der Waals surface area contributed by atoms with Crippen LogP contribution in [0.5, 0.6) is 11.5 Å². The predicted octanol–water partition coefficient (Wildman–Crippen LogP) is 2.91. The number of carbonyl (C=O) groups is 1. The van der Waals surface area contributed by atoms with Gasteiger partial charge in [0.05, 0.1) is 18.4 Å². The number of ether oxygens (including phenoxy) is 2. The molecule has 0 bridgehead atoms. The number of nitrogens with zero attached hydrogens (tertiary/aromatic N) is 1. The highest BCUT2D eigenvalue weighted by molar-refractivity contribution is 7.80. The summed E-state index contributed by atoms with van der Waals surface area (Å²) in [4.78, 5) is 12.1. The Kier molecular flexibility index (Phi) is 6.71. The molecule has 3 N–H and O–H groups in total. The van der Waals surface area contributed by atoms with E-state index in [4.69, 9.17) is 32.7 Å². The van der Waals surface area contributed by atoms with Crippen LogP contribution in [0.1, 0.15) is 5.56 Å². The van der Waals surface area contributed by atoms with Crippen molar-refractivity contribution in [1.29, 1.82) is 5.26 Å². The molecule has 6 nitrogen and oxygen atoms in total. The van der Waals surface area contributed by atoms with Crippen molar-refractivity contribution in [3.8, 4) is 17.6 Å². The van der Waals surface area contributed by atoms with Gasteiger partial charge >= 0.3 is 0 Å². The Hall–Kier alpha value is -3.37. The van der Waals surface area contributed by atoms with E-state index < -0.39 is 0 Å². The van der Waals surface area contributed by atoms with Gasteiger partial charge < -0.3 is 20.5 Å². The molecule has 0 unspecified atom stereocenters. The van der Waals surface area contributed by atoms with Gasteiger partial charge in [-0.25, -0.2) is 0 Å². The van der Waals surface area contributed by atoms with Gasteiger partial charge in [0.2, 0.25) is 0 Å². The zero-order valence-corrected chi connectivity index (χ0v) is 14.9. The second-order valence-electron chi connectivity index (χ2n) is 5.14. The summed E-state index contributed by atoms with van der Waals surface area (Å²) in [5.74, 6) is 0.785. The van der Waals surface area contributed by atoms with Crippen LogP contribution in [0.3, 0.4) is 0 Å². The molecule has 0 fully saturated rings. The van der Waals surface area contributed by atoms with E-state index in [-0.39, 0.29) is 23.1 Å². The van der Waals surface area contributed by atoms with Crippen LogP contribution < -0.4 is 20.5 Å². The van der Waals surface area contributed by atoms with Crippen LogP contribution >= 0.6 is 12.2 Å². The molecule has 0 spiro atoms. The molecule has 2 rings (SSSR count). The number of hydrogen-bond donors (Lipinski definition) is 2. The number of nitrogens with two attached hydrogens (primary N) is 1. The highest BCUT2D eigenvalue weighted by Gasteiger charge is 2.08. The van der Waals surface area contributed by atoms with Crippen molar-refractivity contribution in [3.05, 3.63) is 59.7 Å². The summed E-state index contributed by atoms with van der Waals surface area (Å²) in [7, 11) is 1.53. The lowest BCUT2D eigenvalue weighted by Gasteiger charge is -2.10. The van der Waals surface area contributed by atoms with E-state index in [9.17, 15) is 4.79 Å². The molecule has 0 saturated heterocycles. The molecular weight excluding hydrogens is 350 g/mol. The lowest BCUT2D eigenvalue weighted by atomic mass is 10.1. The quantitative estimate of drug-likeness (QED) is 0.444. The Morgan fingerprint density at radius 3 is 2.58 bits per heavy atom. The minimum absolute atomic E-state index is 0.0424. The summed E-state index contributed by atoms with van der Waals surface area (Å²) in [5.41, 5.74) is 7.00. The van der Waals surface area contributed by atoms with E-state index in [2.05, 4.69) is 5.32 Å². The number of hydrogen-bond acceptors (Lipinski definition) is 5. The first kappa shape index (κ1) is 19.0. The molecule has 0 saturated carbocycles. The monoisotopic (exact) mass is 367 g/mol. The van der Waals surface area contributed by atoms with Gasteiger partial charge in [-0.15, -0.1) is 0 Å². The fraction of sp³-hybridized carbons (Fsp3) is 0.105. The van der Waals surface area contributed by atoms with Gasteiger partial charge in [-0.3, -0.25) is 4.79 Å². The summed E-state index contributed by atoms with van der Waals surface area (Å²) in [6.07, 6.45) is 1.58. The van der Waals surface area contributed by atoms with Gasteiger partial charge in [-0.2, -0.15) is 5.26 Å². The number of benzene rings is 2. The largest absolute Gasteiger partial charge is 0.495 e. The summed E-state index contributed by atoms with van der Waals surface area (Å²) in [6, 6.07) is 15.9. The van der Waals surface area contributed by atoms with E-state index in [0.717, 1.165) is 5.56 Å². The molecule has 0 aliphatic carbocycles. The highest BCUT2D eigenvalue weighted by atomic mass is 32.1. The second-order valence-corrected chi connectivity index (χ2v) is 5.58. The zero-order valence-electron chi connectivity index (χ0n) is 14.1. The topological polar surface area (TPSA) is 97.4 Å². The van der Waals surface area contributed by atoms with Gasteiger partial charge in [0, 0.05) is 0 Å². The summed E-state index contributed by atoms with van der Waals surface area (Å²) in [6.45, 7) is -0.149. The number of nitriles is 1. The third-order valence-corrected chi connectivity index (χ3v) is 3.55. The molecule has 0 aliphatic rings. The highest BCUT2D eigenvalue weighted by Crippen LogP contribution is 2.23. The van der Waals surface area contributed by atoms with E-state index in [0.29, 0.717) is 17.2 Å². The average molecular weight is 367 g/mol. The van der Waals surface area contributed by atoms with Crippen molar-refractivity contribution in [1.82, 2.24) is 0 Å². The minimum Gasteiger partial charge on any atom is -0.495 e. The maximum atomic E-state index is 12.0. The Morgan fingerprint density at radius 1 is 1.27 bits per heavy atom. The van der Waals surface area contributed by atoms with Crippen molar-refractivity contribution >= 4 is 34.9 Å². The molecule has 0 radical (unpaired) electrons. The van der Waals surface area contributed by atoms with Crippen molar-refractivity contribution in [2.45, 2.75) is 0 Å². The van der Waals surface area contributed by atoms with Crippen LogP contribution in [-0.4, -0.2) is 24.6 Å². The van der Waals surface area contributed by atoms with Crippen LogP contribution in [0.4, 0.5) is 5.69 Å². The maximum Gasteiger partial charge on any atom is 0.262 e. The van der Waals surface area contributed by atoms with Gasteiger partial charge in [0.25, 0.3) is 5.91 Å². The molecule has 0 heterocycles. The predicted molar refractivity (Wildman–Crippen MR) is 104 cm³/mol. The molecule has 0 aliphatic heterocycles. The third kappa shape index (κ3) is 5.33. The average Bonchev–Trinajstić information content (AvgIpc) is 2.65. The van der Waals surface area contributed by atoms with Crippen molar-refractivity contribution in [2.75, 3.05) is 19.0 Å². The fourth-order valence-corrected chi connectivity index (χ4v) is 2.17. The number of amides is 1. The Balaban J connectivity index is 1.94. The van der Waals surface area contributed by atoms with E-state index in [1.165, 1.54) is 7.11 Å². The van der Waals surface area contributed by atoms with Gasteiger partial charge in [0.15, 0.2) is 6.61 Å².